The third kappa shape index (κ3) is 4.11. The van der Waals surface area contributed by atoms with Gasteiger partial charge in [-0.1, -0.05) is 12.8 Å². The zero-order valence-corrected chi connectivity index (χ0v) is 19.3. The predicted octanol–water partition coefficient (Wildman–Crippen LogP) is 4.37. The van der Waals surface area contributed by atoms with Crippen molar-refractivity contribution in [3.05, 3.63) is 28.7 Å². The summed E-state index contributed by atoms with van der Waals surface area (Å²) in [5.41, 5.74) is 5.51. The van der Waals surface area contributed by atoms with Gasteiger partial charge < -0.3 is 4.90 Å². The molecule has 2 saturated heterocycles. The van der Waals surface area contributed by atoms with Crippen LogP contribution in [0.15, 0.2) is 6.07 Å². The molecule has 0 radical (unpaired) electrons. The largest absolute Gasteiger partial charge is 0.343 e. The number of hydrogen-bond donors (Lipinski definition) is 0. The summed E-state index contributed by atoms with van der Waals surface area (Å²) in [6, 6.07) is 3.39. The van der Waals surface area contributed by atoms with E-state index in [2.05, 4.69) is 24.8 Å². The Labute approximate surface area is 186 Å². The Bertz CT molecular complexity index is 939. The van der Waals surface area contributed by atoms with Crippen LogP contribution in [0.25, 0.3) is 5.65 Å². The topological polar surface area (TPSA) is 53.7 Å². The number of carbonyl (C=O) groups excluding carboxylic acids is 1. The molecule has 6 heteroatoms. The van der Waals surface area contributed by atoms with Crippen LogP contribution in [0, 0.1) is 13.8 Å². The number of hydrogen-bond acceptors (Lipinski definition) is 4. The third-order valence-electron chi connectivity index (χ3n) is 7.91. The van der Waals surface area contributed by atoms with E-state index in [4.69, 9.17) is 10.1 Å². The van der Waals surface area contributed by atoms with Crippen LogP contribution in [-0.2, 0) is 11.2 Å². The number of rotatable bonds is 5. The van der Waals surface area contributed by atoms with E-state index in [1.54, 1.807) is 0 Å². The molecule has 168 valence electrons. The molecule has 1 amide bonds. The van der Waals surface area contributed by atoms with Crippen molar-refractivity contribution in [3.8, 4) is 0 Å². The summed E-state index contributed by atoms with van der Waals surface area (Å²) in [6.07, 6.45) is 12.8. The summed E-state index contributed by atoms with van der Waals surface area (Å²) in [5, 5.41) is 5.05. The van der Waals surface area contributed by atoms with Gasteiger partial charge in [-0.25, -0.2) is 9.50 Å². The predicted molar refractivity (Wildman–Crippen MR) is 122 cm³/mol. The van der Waals surface area contributed by atoms with Gasteiger partial charge in [-0.05, 0) is 77.3 Å². The minimum atomic E-state index is 0.290. The fourth-order valence-electron chi connectivity index (χ4n) is 6.18. The molecule has 6 nitrogen and oxygen atoms in total. The summed E-state index contributed by atoms with van der Waals surface area (Å²) < 4.78 is 2.04. The normalized spacial score (nSPS) is 23.3. The molecule has 5 rings (SSSR count). The highest BCUT2D eigenvalue weighted by Crippen LogP contribution is 2.38. The molecule has 1 atom stereocenters. The van der Waals surface area contributed by atoms with Gasteiger partial charge in [0.2, 0.25) is 5.91 Å². The summed E-state index contributed by atoms with van der Waals surface area (Å²) in [7, 11) is 0. The molecule has 0 aromatic carbocycles. The fraction of sp³-hybridized carbons (Fsp3) is 0.720. The first-order valence-corrected chi connectivity index (χ1v) is 12.5. The Hall–Kier alpha value is -1.95. The molecule has 3 aliphatic rings. The number of amides is 1. The maximum atomic E-state index is 12.7. The van der Waals surface area contributed by atoms with Crippen LogP contribution in [0.5, 0.6) is 0 Å². The molecular formula is C25H37N5O. The lowest BCUT2D eigenvalue weighted by Gasteiger charge is -2.29. The molecule has 0 N–H and O–H groups in total. The minimum absolute atomic E-state index is 0.290. The van der Waals surface area contributed by atoms with Crippen molar-refractivity contribution in [2.24, 2.45) is 0 Å². The van der Waals surface area contributed by atoms with E-state index in [0.717, 1.165) is 55.4 Å². The molecule has 0 spiro atoms. The van der Waals surface area contributed by atoms with Crippen molar-refractivity contribution < 1.29 is 4.79 Å². The first-order valence-electron chi connectivity index (χ1n) is 12.5. The molecule has 2 aromatic heterocycles. The first-order chi connectivity index (χ1) is 15.1. The number of nitrogens with zero attached hydrogens (tertiary/aromatic N) is 5. The standard InChI is InChI=1S/C25H37N5O/c1-18-21(12-13-25(31)28-14-6-3-7-15-28)19(2)30-24(26-18)17-22(27-30)23-11-8-16-29(23)20-9-4-5-10-20/h17,20,23H,3-16H2,1-2H3/t23-/m0/s1. The number of piperidine rings is 1. The smallest absolute Gasteiger partial charge is 0.222 e. The second kappa shape index (κ2) is 8.89. The molecule has 1 saturated carbocycles. The van der Waals surface area contributed by atoms with Crippen molar-refractivity contribution in [1.82, 2.24) is 24.4 Å². The van der Waals surface area contributed by atoms with Gasteiger partial charge in [0.05, 0.1) is 11.7 Å². The van der Waals surface area contributed by atoms with Gasteiger partial charge in [0.25, 0.3) is 0 Å². The highest BCUT2D eigenvalue weighted by atomic mass is 16.2. The zero-order valence-electron chi connectivity index (χ0n) is 19.3. The van der Waals surface area contributed by atoms with Crippen LogP contribution >= 0.6 is 0 Å². The van der Waals surface area contributed by atoms with Crippen LogP contribution in [0.3, 0.4) is 0 Å². The van der Waals surface area contributed by atoms with Gasteiger partial charge in [-0.15, -0.1) is 0 Å². The monoisotopic (exact) mass is 423 g/mol. The molecule has 0 bridgehead atoms. The lowest BCUT2D eigenvalue weighted by Crippen LogP contribution is -2.35. The van der Waals surface area contributed by atoms with E-state index >= 15 is 0 Å². The van der Waals surface area contributed by atoms with Crippen molar-refractivity contribution in [3.63, 3.8) is 0 Å². The van der Waals surface area contributed by atoms with Crippen LogP contribution in [0.2, 0.25) is 0 Å². The summed E-state index contributed by atoms with van der Waals surface area (Å²) in [5.74, 6) is 0.290. The Balaban J connectivity index is 1.35. The highest BCUT2D eigenvalue weighted by molar-refractivity contribution is 5.76. The molecule has 0 unspecified atom stereocenters. The summed E-state index contributed by atoms with van der Waals surface area (Å²) >= 11 is 0. The second-order valence-corrected chi connectivity index (χ2v) is 9.88. The Kier molecular flexibility index (Phi) is 6.00. The minimum Gasteiger partial charge on any atom is -0.343 e. The molecular weight excluding hydrogens is 386 g/mol. The number of fused-ring (bicyclic) bond motifs is 1. The van der Waals surface area contributed by atoms with Gasteiger partial charge >= 0.3 is 0 Å². The van der Waals surface area contributed by atoms with Crippen LogP contribution in [0.1, 0.15) is 92.9 Å². The van der Waals surface area contributed by atoms with Crippen molar-refractivity contribution in [1.29, 1.82) is 0 Å². The van der Waals surface area contributed by atoms with Crippen LogP contribution in [-0.4, -0.2) is 56.0 Å². The van der Waals surface area contributed by atoms with Gasteiger partial charge in [0, 0.05) is 43.0 Å². The fourth-order valence-corrected chi connectivity index (χ4v) is 6.18. The van der Waals surface area contributed by atoms with E-state index in [1.165, 1.54) is 62.7 Å². The summed E-state index contributed by atoms with van der Waals surface area (Å²) in [4.78, 5) is 22.3. The number of aromatic nitrogens is 3. The highest BCUT2D eigenvalue weighted by Gasteiger charge is 2.34. The Morgan fingerprint density at radius 2 is 1.77 bits per heavy atom. The molecule has 3 fully saturated rings. The lowest BCUT2D eigenvalue weighted by atomic mass is 10.0. The molecule has 4 heterocycles. The molecule has 1 aliphatic carbocycles. The van der Waals surface area contributed by atoms with Crippen molar-refractivity contribution in [2.75, 3.05) is 19.6 Å². The lowest BCUT2D eigenvalue weighted by molar-refractivity contribution is -0.132. The van der Waals surface area contributed by atoms with Crippen molar-refractivity contribution in [2.45, 2.75) is 96.6 Å². The molecule has 2 aromatic rings. The van der Waals surface area contributed by atoms with E-state index in [0.29, 0.717) is 12.5 Å². The summed E-state index contributed by atoms with van der Waals surface area (Å²) in [6.45, 7) is 7.28. The number of carbonyl (C=O) groups is 1. The van der Waals surface area contributed by atoms with Crippen LogP contribution < -0.4 is 0 Å². The average Bonchev–Trinajstić information content (AvgIpc) is 3.53. The van der Waals surface area contributed by atoms with E-state index in [1.807, 2.05) is 9.42 Å². The maximum Gasteiger partial charge on any atom is 0.222 e. The third-order valence-corrected chi connectivity index (χ3v) is 7.91. The van der Waals surface area contributed by atoms with Gasteiger partial charge in [-0.3, -0.25) is 9.69 Å². The molecule has 2 aliphatic heterocycles. The zero-order chi connectivity index (χ0) is 21.4. The first kappa shape index (κ1) is 20.9. The quantitative estimate of drug-likeness (QED) is 0.717. The van der Waals surface area contributed by atoms with E-state index < -0.39 is 0 Å². The Morgan fingerprint density at radius 3 is 2.55 bits per heavy atom. The second-order valence-electron chi connectivity index (χ2n) is 9.88. The van der Waals surface area contributed by atoms with Crippen molar-refractivity contribution >= 4 is 11.6 Å². The number of likely N-dealkylation sites (tertiary alicyclic amines) is 2. The van der Waals surface area contributed by atoms with Gasteiger partial charge in [0.15, 0.2) is 5.65 Å². The maximum absolute atomic E-state index is 12.7. The SMILES string of the molecule is Cc1nc2cc([C@@H]3CCCN3C3CCCC3)nn2c(C)c1CCC(=O)N1CCCCC1. The van der Waals surface area contributed by atoms with Crippen LogP contribution in [0.4, 0.5) is 0 Å². The Morgan fingerprint density at radius 1 is 1.00 bits per heavy atom. The van der Waals surface area contributed by atoms with E-state index in [9.17, 15) is 4.79 Å². The molecule has 31 heavy (non-hydrogen) atoms. The van der Waals surface area contributed by atoms with Gasteiger partial charge in [-0.2, -0.15) is 5.10 Å². The van der Waals surface area contributed by atoms with Gasteiger partial charge in [0.1, 0.15) is 0 Å². The average molecular weight is 424 g/mol. The number of aryl methyl sites for hydroxylation is 2. The van der Waals surface area contributed by atoms with E-state index in [-0.39, 0.29) is 5.91 Å².